The lowest BCUT2D eigenvalue weighted by Crippen LogP contribution is -2.28. The predicted molar refractivity (Wildman–Crippen MR) is 100 cm³/mol. The number of nitrogens with one attached hydrogen (secondary N) is 3. The molecule has 0 aliphatic carbocycles. The zero-order chi connectivity index (χ0) is 19.8. The summed E-state index contributed by atoms with van der Waals surface area (Å²) in [5.41, 5.74) is 1.12. The van der Waals surface area contributed by atoms with Crippen LogP contribution >= 0.6 is 0 Å². The third-order valence-corrected chi connectivity index (χ3v) is 5.50. The highest BCUT2D eigenvalue weighted by atomic mass is 32.2. The minimum atomic E-state index is -3.97. The third-order valence-electron chi connectivity index (χ3n) is 4.12. The normalized spacial score (nSPS) is 16.6. The van der Waals surface area contributed by atoms with Gasteiger partial charge in [-0.15, -0.1) is 0 Å². The zero-order valence-electron chi connectivity index (χ0n) is 14.6. The number of carbonyl (C=O) groups excluding carboxylic acids is 3. The Labute approximate surface area is 156 Å². The van der Waals surface area contributed by atoms with Gasteiger partial charge < -0.3 is 10.6 Å². The molecule has 0 saturated heterocycles. The lowest BCUT2D eigenvalue weighted by Gasteiger charge is -2.12. The van der Waals surface area contributed by atoms with E-state index in [0.29, 0.717) is 11.3 Å². The predicted octanol–water partition coefficient (Wildman–Crippen LogP) is 2.22. The number of ketones is 1. The number of benzene rings is 2. The number of hydrogen-bond donors (Lipinski definition) is 3. The highest BCUT2D eigenvalue weighted by molar-refractivity contribution is 7.92. The van der Waals surface area contributed by atoms with Crippen LogP contribution in [0.15, 0.2) is 47.4 Å². The van der Waals surface area contributed by atoms with Crippen LogP contribution in [0.2, 0.25) is 0 Å². The Kier molecular flexibility index (Phi) is 4.71. The van der Waals surface area contributed by atoms with Crippen molar-refractivity contribution >= 4 is 44.7 Å². The van der Waals surface area contributed by atoms with Crippen molar-refractivity contribution in [1.82, 2.24) is 0 Å². The third kappa shape index (κ3) is 3.82. The second-order valence-electron chi connectivity index (χ2n) is 6.15. The Hall–Kier alpha value is -3.20. The summed E-state index contributed by atoms with van der Waals surface area (Å²) in [7, 11) is -3.97. The van der Waals surface area contributed by atoms with Gasteiger partial charge in [-0.25, -0.2) is 8.42 Å². The van der Waals surface area contributed by atoms with Crippen LogP contribution in [0.5, 0.6) is 0 Å². The Balaban J connectivity index is 1.93. The molecule has 140 valence electrons. The fourth-order valence-corrected chi connectivity index (χ4v) is 3.60. The molecule has 2 amide bonds. The standard InChI is InChI=1S/C18H17N3O5S/c1-10-17(23)19-15-7-6-14(9-16(15)20-18(10)24)27(25,26)21-13-5-3-4-12(8-13)11(2)22/h3-10,21H,1-2H3,(H,19,23)(H,20,24)/t10-/m1/s1. The zero-order valence-corrected chi connectivity index (χ0v) is 15.4. The molecule has 1 heterocycles. The van der Waals surface area contributed by atoms with Crippen molar-refractivity contribution in [3.8, 4) is 0 Å². The second-order valence-corrected chi connectivity index (χ2v) is 7.83. The van der Waals surface area contributed by atoms with Crippen molar-refractivity contribution in [2.24, 2.45) is 5.92 Å². The summed E-state index contributed by atoms with van der Waals surface area (Å²) in [6.45, 7) is 2.84. The van der Waals surface area contributed by atoms with E-state index in [4.69, 9.17) is 0 Å². The molecule has 0 spiro atoms. The summed E-state index contributed by atoms with van der Waals surface area (Å²) < 4.78 is 27.7. The van der Waals surface area contributed by atoms with Gasteiger partial charge in [-0.2, -0.15) is 0 Å². The van der Waals surface area contributed by atoms with Crippen LogP contribution in [0.3, 0.4) is 0 Å². The highest BCUT2D eigenvalue weighted by Gasteiger charge is 2.28. The molecular weight excluding hydrogens is 370 g/mol. The number of Topliss-reactive ketones (excluding diaryl/α,β-unsaturated/α-hetero) is 1. The topological polar surface area (TPSA) is 121 Å². The SMILES string of the molecule is CC(=O)c1cccc(NS(=O)(=O)c2ccc3c(c2)NC(=O)[C@H](C)C(=O)N3)c1. The molecule has 0 bridgehead atoms. The number of fused-ring (bicyclic) bond motifs is 1. The van der Waals surface area contributed by atoms with Gasteiger partial charge in [-0.05, 0) is 44.2 Å². The molecule has 8 nitrogen and oxygen atoms in total. The van der Waals surface area contributed by atoms with E-state index in [1.807, 2.05) is 0 Å². The van der Waals surface area contributed by atoms with Gasteiger partial charge in [0.05, 0.1) is 16.3 Å². The molecule has 3 N–H and O–H groups in total. The van der Waals surface area contributed by atoms with Gasteiger partial charge in [-0.3, -0.25) is 19.1 Å². The summed E-state index contributed by atoms with van der Waals surface area (Å²) in [6.07, 6.45) is 0. The van der Waals surface area contributed by atoms with Crippen LogP contribution in [0.1, 0.15) is 24.2 Å². The maximum absolute atomic E-state index is 12.7. The van der Waals surface area contributed by atoms with E-state index >= 15 is 0 Å². The monoisotopic (exact) mass is 387 g/mol. The van der Waals surface area contributed by atoms with Gasteiger partial charge in [-0.1, -0.05) is 12.1 Å². The van der Waals surface area contributed by atoms with E-state index in [0.717, 1.165) is 0 Å². The lowest BCUT2D eigenvalue weighted by atomic mass is 10.1. The summed E-state index contributed by atoms with van der Waals surface area (Å²) in [6, 6.07) is 10.1. The highest BCUT2D eigenvalue weighted by Crippen LogP contribution is 2.29. The van der Waals surface area contributed by atoms with Gasteiger partial charge >= 0.3 is 0 Å². The first-order chi connectivity index (χ1) is 12.7. The van der Waals surface area contributed by atoms with Gasteiger partial charge in [0.2, 0.25) is 11.8 Å². The minimum absolute atomic E-state index is 0.0985. The average Bonchev–Trinajstić information content (AvgIpc) is 2.71. The van der Waals surface area contributed by atoms with Gasteiger partial charge in [0.15, 0.2) is 5.78 Å². The quantitative estimate of drug-likeness (QED) is 0.549. The second kappa shape index (κ2) is 6.84. The molecule has 0 aromatic heterocycles. The lowest BCUT2D eigenvalue weighted by molar-refractivity contribution is -0.128. The number of rotatable bonds is 4. The first kappa shape index (κ1) is 18.6. The van der Waals surface area contributed by atoms with Crippen LogP contribution in [-0.4, -0.2) is 26.0 Å². The molecule has 0 saturated carbocycles. The fraction of sp³-hybridized carbons (Fsp3) is 0.167. The number of carbonyl (C=O) groups is 3. The average molecular weight is 387 g/mol. The van der Waals surface area contributed by atoms with E-state index in [2.05, 4.69) is 15.4 Å². The number of hydrogen-bond acceptors (Lipinski definition) is 5. The summed E-state index contributed by atoms with van der Waals surface area (Å²) in [4.78, 5) is 35.2. The minimum Gasteiger partial charge on any atom is -0.324 e. The number of sulfonamides is 1. The van der Waals surface area contributed by atoms with Crippen molar-refractivity contribution in [2.45, 2.75) is 18.7 Å². The van der Waals surface area contributed by atoms with Crippen LogP contribution in [0.25, 0.3) is 0 Å². The molecule has 1 atom stereocenters. The van der Waals surface area contributed by atoms with Gasteiger partial charge in [0, 0.05) is 11.3 Å². The van der Waals surface area contributed by atoms with E-state index in [1.165, 1.54) is 44.2 Å². The number of anilines is 3. The molecular formula is C18H17N3O5S. The van der Waals surface area contributed by atoms with Gasteiger partial charge in [0.25, 0.3) is 10.0 Å². The Morgan fingerprint density at radius 1 is 1.00 bits per heavy atom. The molecule has 3 rings (SSSR count). The molecule has 2 aromatic rings. The summed E-state index contributed by atoms with van der Waals surface area (Å²) in [5.74, 6) is -2.08. The van der Waals surface area contributed by atoms with Crippen LogP contribution < -0.4 is 15.4 Å². The van der Waals surface area contributed by atoms with E-state index in [-0.39, 0.29) is 22.1 Å². The van der Waals surface area contributed by atoms with Crippen molar-refractivity contribution in [2.75, 3.05) is 15.4 Å². The molecule has 2 aromatic carbocycles. The molecule has 0 fully saturated rings. The van der Waals surface area contributed by atoms with Crippen LogP contribution in [0, 0.1) is 5.92 Å². The Morgan fingerprint density at radius 3 is 2.33 bits per heavy atom. The van der Waals surface area contributed by atoms with Crippen molar-refractivity contribution in [1.29, 1.82) is 0 Å². The molecule has 0 unspecified atom stereocenters. The Morgan fingerprint density at radius 2 is 1.67 bits per heavy atom. The van der Waals surface area contributed by atoms with Crippen LogP contribution in [-0.2, 0) is 19.6 Å². The van der Waals surface area contributed by atoms with E-state index in [1.54, 1.807) is 12.1 Å². The summed E-state index contributed by atoms with van der Waals surface area (Å²) >= 11 is 0. The van der Waals surface area contributed by atoms with Crippen molar-refractivity contribution in [3.05, 3.63) is 48.0 Å². The number of amides is 2. The molecule has 9 heteroatoms. The first-order valence-corrected chi connectivity index (χ1v) is 9.55. The Bertz CT molecular complexity index is 1060. The molecule has 27 heavy (non-hydrogen) atoms. The van der Waals surface area contributed by atoms with E-state index < -0.39 is 27.8 Å². The summed E-state index contributed by atoms with van der Waals surface area (Å²) in [5, 5.41) is 5.12. The molecule has 0 radical (unpaired) electrons. The smallest absolute Gasteiger partial charge is 0.261 e. The molecule has 1 aliphatic rings. The maximum atomic E-state index is 12.7. The first-order valence-electron chi connectivity index (χ1n) is 8.07. The van der Waals surface area contributed by atoms with Crippen molar-refractivity contribution < 1.29 is 22.8 Å². The maximum Gasteiger partial charge on any atom is 0.261 e. The van der Waals surface area contributed by atoms with E-state index in [9.17, 15) is 22.8 Å². The van der Waals surface area contributed by atoms with Crippen molar-refractivity contribution in [3.63, 3.8) is 0 Å². The molecule has 1 aliphatic heterocycles. The fourth-order valence-electron chi connectivity index (χ4n) is 2.52. The van der Waals surface area contributed by atoms with Crippen LogP contribution in [0.4, 0.5) is 17.1 Å². The van der Waals surface area contributed by atoms with Gasteiger partial charge in [0.1, 0.15) is 5.92 Å². The largest absolute Gasteiger partial charge is 0.324 e.